The lowest BCUT2D eigenvalue weighted by Gasteiger charge is -2.30. The van der Waals surface area contributed by atoms with E-state index in [1.165, 1.54) is 0 Å². The number of benzene rings is 2. The highest BCUT2D eigenvalue weighted by Gasteiger charge is 2.16. The third-order valence-corrected chi connectivity index (χ3v) is 5.41. The van der Waals surface area contributed by atoms with Crippen molar-refractivity contribution in [2.24, 2.45) is 0 Å². The van der Waals surface area contributed by atoms with Crippen molar-refractivity contribution in [1.29, 1.82) is 0 Å². The molecule has 2 aromatic carbocycles. The van der Waals surface area contributed by atoms with Gasteiger partial charge in [-0.15, -0.1) is 0 Å². The predicted octanol–water partition coefficient (Wildman–Crippen LogP) is 4.57. The quantitative estimate of drug-likeness (QED) is 0.567. The summed E-state index contributed by atoms with van der Waals surface area (Å²) in [6, 6.07) is 15.6. The van der Waals surface area contributed by atoms with E-state index in [0.717, 1.165) is 10.2 Å². The van der Waals surface area contributed by atoms with Crippen LogP contribution in [-0.2, 0) is 6.54 Å². The minimum atomic E-state index is -0.0329. The fourth-order valence-electron chi connectivity index (χ4n) is 3.09. The average molecular weight is 459 g/mol. The van der Waals surface area contributed by atoms with Gasteiger partial charge in [0.1, 0.15) is 5.82 Å². The molecular formula is C21H23BrN4OS. The van der Waals surface area contributed by atoms with Crippen molar-refractivity contribution < 1.29 is 0 Å². The number of para-hydroxylation sites is 1. The molecule has 0 unspecified atom stereocenters. The summed E-state index contributed by atoms with van der Waals surface area (Å²) < 4.78 is 2.58. The molecule has 1 heterocycles. The van der Waals surface area contributed by atoms with Gasteiger partial charge in [0, 0.05) is 29.3 Å². The molecule has 0 atom stereocenters. The zero-order chi connectivity index (χ0) is 20.3. The topological polar surface area (TPSA) is 50.2 Å². The molecular weight excluding hydrogens is 436 g/mol. The lowest BCUT2D eigenvalue weighted by Crippen LogP contribution is -2.43. The Morgan fingerprint density at radius 3 is 2.64 bits per heavy atom. The SMILES string of the molecule is Cc1nc2ccc(Br)cc2c(=O)n1CCN(C(=S)Nc1ccccc1)C(C)C. The van der Waals surface area contributed by atoms with Gasteiger partial charge in [-0.05, 0) is 63.3 Å². The van der Waals surface area contributed by atoms with Gasteiger partial charge in [-0.3, -0.25) is 9.36 Å². The van der Waals surface area contributed by atoms with E-state index in [9.17, 15) is 4.79 Å². The van der Waals surface area contributed by atoms with E-state index in [1.54, 1.807) is 4.57 Å². The van der Waals surface area contributed by atoms with Crippen LogP contribution in [0, 0.1) is 6.92 Å². The van der Waals surface area contributed by atoms with E-state index in [-0.39, 0.29) is 11.6 Å². The maximum absolute atomic E-state index is 13.0. The summed E-state index contributed by atoms with van der Waals surface area (Å²) in [6.07, 6.45) is 0. The van der Waals surface area contributed by atoms with Gasteiger partial charge >= 0.3 is 0 Å². The van der Waals surface area contributed by atoms with Crippen molar-refractivity contribution in [1.82, 2.24) is 14.5 Å². The Labute approximate surface area is 178 Å². The number of anilines is 1. The Balaban J connectivity index is 1.82. The molecule has 0 aliphatic carbocycles. The van der Waals surface area contributed by atoms with Crippen molar-refractivity contribution >= 4 is 49.9 Å². The summed E-state index contributed by atoms with van der Waals surface area (Å²) in [5, 5.41) is 4.53. The number of nitrogens with one attached hydrogen (secondary N) is 1. The van der Waals surface area contributed by atoms with Crippen LogP contribution in [0.2, 0.25) is 0 Å². The Bertz CT molecular complexity index is 1050. The van der Waals surface area contributed by atoms with Crippen LogP contribution >= 0.6 is 28.1 Å². The zero-order valence-corrected chi connectivity index (χ0v) is 18.5. The minimum absolute atomic E-state index is 0.0329. The molecule has 1 N–H and O–H groups in total. The van der Waals surface area contributed by atoms with Crippen molar-refractivity contribution in [2.45, 2.75) is 33.4 Å². The van der Waals surface area contributed by atoms with Crippen LogP contribution in [0.15, 0.2) is 57.8 Å². The molecule has 28 heavy (non-hydrogen) atoms. The van der Waals surface area contributed by atoms with Crippen molar-refractivity contribution in [3.05, 3.63) is 69.2 Å². The Kier molecular flexibility index (Phi) is 6.46. The number of rotatable bonds is 5. The molecule has 0 radical (unpaired) electrons. The van der Waals surface area contributed by atoms with Crippen molar-refractivity contribution in [2.75, 3.05) is 11.9 Å². The lowest BCUT2D eigenvalue weighted by molar-refractivity contribution is 0.335. The van der Waals surface area contributed by atoms with E-state index < -0.39 is 0 Å². The van der Waals surface area contributed by atoms with Gasteiger partial charge in [0.2, 0.25) is 0 Å². The first kappa shape index (κ1) is 20.5. The number of halogens is 1. The molecule has 0 fully saturated rings. The molecule has 0 saturated heterocycles. The zero-order valence-electron chi connectivity index (χ0n) is 16.1. The van der Waals surface area contributed by atoms with Gasteiger partial charge < -0.3 is 10.2 Å². The number of fused-ring (bicyclic) bond motifs is 1. The molecule has 146 valence electrons. The highest BCUT2D eigenvalue weighted by molar-refractivity contribution is 9.10. The number of nitrogens with zero attached hydrogens (tertiary/aromatic N) is 3. The molecule has 5 nitrogen and oxygen atoms in total. The van der Waals surface area contributed by atoms with Crippen LogP contribution in [0.5, 0.6) is 0 Å². The summed E-state index contributed by atoms with van der Waals surface area (Å²) in [5.41, 5.74) is 1.63. The maximum Gasteiger partial charge on any atom is 0.261 e. The second-order valence-electron chi connectivity index (χ2n) is 6.86. The van der Waals surface area contributed by atoms with Crippen molar-refractivity contribution in [3.8, 4) is 0 Å². The predicted molar refractivity (Wildman–Crippen MR) is 123 cm³/mol. The molecule has 0 saturated carbocycles. The van der Waals surface area contributed by atoms with Gasteiger partial charge in [-0.1, -0.05) is 34.1 Å². The fraction of sp³-hybridized carbons (Fsp3) is 0.286. The summed E-state index contributed by atoms with van der Waals surface area (Å²) in [7, 11) is 0. The largest absolute Gasteiger partial charge is 0.345 e. The Morgan fingerprint density at radius 2 is 1.96 bits per heavy atom. The third kappa shape index (κ3) is 4.59. The van der Waals surface area contributed by atoms with Crippen LogP contribution < -0.4 is 10.9 Å². The molecule has 0 aliphatic heterocycles. The maximum atomic E-state index is 13.0. The number of hydrogen-bond donors (Lipinski definition) is 1. The fourth-order valence-corrected chi connectivity index (χ4v) is 3.87. The number of thiocarbonyl (C=S) groups is 1. The van der Waals surface area contributed by atoms with Crippen LogP contribution in [0.4, 0.5) is 5.69 Å². The van der Waals surface area contributed by atoms with E-state index in [2.05, 4.69) is 45.0 Å². The molecule has 0 bridgehead atoms. The molecule has 0 amide bonds. The highest BCUT2D eigenvalue weighted by atomic mass is 79.9. The Hall–Kier alpha value is -2.25. The standard InChI is InChI=1S/C21H23BrN4OS/c1-14(2)25(21(28)24-17-7-5-4-6-8-17)11-12-26-15(3)23-19-10-9-16(22)13-18(19)20(26)27/h4-10,13-14H,11-12H2,1-3H3,(H,24,28). The summed E-state index contributed by atoms with van der Waals surface area (Å²) in [4.78, 5) is 19.7. The first-order valence-electron chi connectivity index (χ1n) is 9.16. The molecule has 3 aromatic rings. The second kappa shape index (κ2) is 8.84. The van der Waals surface area contributed by atoms with Gasteiger partial charge in [0.25, 0.3) is 5.56 Å². The van der Waals surface area contributed by atoms with E-state index in [4.69, 9.17) is 12.2 Å². The van der Waals surface area contributed by atoms with E-state index in [0.29, 0.717) is 34.9 Å². The second-order valence-corrected chi connectivity index (χ2v) is 8.16. The molecule has 0 aliphatic rings. The smallest absolute Gasteiger partial charge is 0.261 e. The van der Waals surface area contributed by atoms with Crippen LogP contribution in [0.1, 0.15) is 19.7 Å². The summed E-state index contributed by atoms with van der Waals surface area (Å²) in [5.74, 6) is 0.700. The molecule has 0 spiro atoms. The monoisotopic (exact) mass is 458 g/mol. The lowest BCUT2D eigenvalue weighted by atomic mass is 10.2. The van der Waals surface area contributed by atoms with Crippen LogP contribution in [0.3, 0.4) is 0 Å². The first-order chi connectivity index (χ1) is 13.4. The number of aromatic nitrogens is 2. The first-order valence-corrected chi connectivity index (χ1v) is 10.4. The van der Waals surface area contributed by atoms with Gasteiger partial charge in [-0.25, -0.2) is 4.98 Å². The summed E-state index contributed by atoms with van der Waals surface area (Å²) in [6.45, 7) is 7.16. The van der Waals surface area contributed by atoms with Crippen molar-refractivity contribution in [3.63, 3.8) is 0 Å². The van der Waals surface area contributed by atoms with Crippen LogP contribution in [-0.4, -0.2) is 32.2 Å². The summed E-state index contributed by atoms with van der Waals surface area (Å²) >= 11 is 9.05. The van der Waals surface area contributed by atoms with Crippen LogP contribution in [0.25, 0.3) is 10.9 Å². The molecule has 1 aromatic heterocycles. The van der Waals surface area contributed by atoms with Gasteiger partial charge in [0.05, 0.1) is 10.9 Å². The van der Waals surface area contributed by atoms with E-state index >= 15 is 0 Å². The van der Waals surface area contributed by atoms with Gasteiger partial charge in [0.15, 0.2) is 5.11 Å². The minimum Gasteiger partial charge on any atom is -0.345 e. The normalized spacial score (nSPS) is 11.0. The Morgan fingerprint density at radius 1 is 1.25 bits per heavy atom. The average Bonchev–Trinajstić information content (AvgIpc) is 2.65. The number of hydrogen-bond acceptors (Lipinski definition) is 3. The van der Waals surface area contributed by atoms with E-state index in [1.807, 2.05) is 55.5 Å². The molecule has 7 heteroatoms. The van der Waals surface area contributed by atoms with Gasteiger partial charge in [-0.2, -0.15) is 0 Å². The number of aryl methyl sites for hydroxylation is 1. The molecule has 3 rings (SSSR count). The third-order valence-electron chi connectivity index (χ3n) is 4.58. The highest BCUT2D eigenvalue weighted by Crippen LogP contribution is 2.16.